The zero-order valence-electron chi connectivity index (χ0n) is 17.4. The van der Waals surface area contributed by atoms with Crippen molar-refractivity contribution in [3.05, 3.63) is 53.6 Å². The maximum atomic E-state index is 6.06. The molecule has 3 rings (SSSR count). The van der Waals surface area contributed by atoms with Crippen LogP contribution in [0.5, 0.6) is 11.5 Å². The molecule has 1 unspecified atom stereocenters. The Balaban J connectivity index is 1.59. The zero-order chi connectivity index (χ0) is 20.6. The number of nitrogens with one attached hydrogen (secondary N) is 1. The SMILES string of the molecule is COc1ccc(NC(N)=NCc2cccc(CN3CCOC(C)C3)c2)cc1OC. The Hall–Kier alpha value is -2.77. The lowest BCUT2D eigenvalue weighted by Crippen LogP contribution is -2.40. The molecule has 156 valence electrons. The minimum absolute atomic E-state index is 0.291. The molecule has 0 bridgehead atoms. The van der Waals surface area contributed by atoms with Crippen LogP contribution in [0, 0.1) is 0 Å². The van der Waals surface area contributed by atoms with E-state index in [2.05, 4.69) is 46.4 Å². The first-order chi connectivity index (χ1) is 14.1. The second-order valence-corrected chi connectivity index (χ2v) is 7.13. The van der Waals surface area contributed by atoms with Crippen LogP contribution in [0.3, 0.4) is 0 Å². The zero-order valence-corrected chi connectivity index (χ0v) is 17.4. The van der Waals surface area contributed by atoms with E-state index in [1.54, 1.807) is 14.2 Å². The summed E-state index contributed by atoms with van der Waals surface area (Å²) in [6.07, 6.45) is 0.291. The summed E-state index contributed by atoms with van der Waals surface area (Å²) in [6, 6.07) is 14.0. The van der Waals surface area contributed by atoms with Crippen molar-refractivity contribution in [2.45, 2.75) is 26.1 Å². The molecular formula is C22H30N4O3. The molecule has 2 aromatic rings. The molecule has 0 aliphatic carbocycles. The third-order valence-corrected chi connectivity index (χ3v) is 4.81. The van der Waals surface area contributed by atoms with Gasteiger partial charge < -0.3 is 25.3 Å². The summed E-state index contributed by atoms with van der Waals surface area (Å²) < 4.78 is 16.2. The van der Waals surface area contributed by atoms with Crippen LogP contribution in [0.2, 0.25) is 0 Å². The maximum Gasteiger partial charge on any atom is 0.193 e. The smallest absolute Gasteiger partial charge is 0.193 e. The molecule has 7 nitrogen and oxygen atoms in total. The van der Waals surface area contributed by atoms with E-state index in [0.717, 1.165) is 37.5 Å². The lowest BCUT2D eigenvalue weighted by molar-refractivity contribution is -0.0212. The van der Waals surface area contributed by atoms with E-state index >= 15 is 0 Å². The number of anilines is 1. The fourth-order valence-electron chi connectivity index (χ4n) is 3.40. The van der Waals surface area contributed by atoms with Crippen LogP contribution in [-0.4, -0.2) is 50.9 Å². The highest BCUT2D eigenvalue weighted by Gasteiger charge is 2.16. The largest absolute Gasteiger partial charge is 0.493 e. The van der Waals surface area contributed by atoms with Crippen molar-refractivity contribution in [2.75, 3.05) is 39.2 Å². The number of nitrogens with two attached hydrogens (primary N) is 1. The van der Waals surface area contributed by atoms with Gasteiger partial charge >= 0.3 is 0 Å². The van der Waals surface area contributed by atoms with Crippen LogP contribution in [0.4, 0.5) is 5.69 Å². The van der Waals surface area contributed by atoms with Crippen LogP contribution >= 0.6 is 0 Å². The molecule has 1 aliphatic heterocycles. The lowest BCUT2D eigenvalue weighted by Gasteiger charge is -2.31. The highest BCUT2D eigenvalue weighted by molar-refractivity contribution is 5.92. The van der Waals surface area contributed by atoms with Crippen LogP contribution < -0.4 is 20.5 Å². The molecule has 1 heterocycles. The van der Waals surface area contributed by atoms with Crippen molar-refractivity contribution in [2.24, 2.45) is 10.7 Å². The fraction of sp³-hybridized carbons (Fsp3) is 0.409. The number of morpholine rings is 1. The van der Waals surface area contributed by atoms with Crippen LogP contribution in [0.25, 0.3) is 0 Å². The number of ether oxygens (including phenoxy) is 3. The van der Waals surface area contributed by atoms with Gasteiger partial charge in [0.2, 0.25) is 0 Å². The van der Waals surface area contributed by atoms with Gasteiger partial charge in [-0.05, 0) is 30.2 Å². The van der Waals surface area contributed by atoms with Gasteiger partial charge in [0.15, 0.2) is 17.5 Å². The summed E-state index contributed by atoms with van der Waals surface area (Å²) in [5, 5.41) is 3.09. The van der Waals surface area contributed by atoms with Crippen molar-refractivity contribution in [3.63, 3.8) is 0 Å². The summed E-state index contributed by atoms with van der Waals surface area (Å²) >= 11 is 0. The first-order valence-corrected chi connectivity index (χ1v) is 9.78. The number of rotatable bonds is 7. The number of hydrogen-bond acceptors (Lipinski definition) is 5. The summed E-state index contributed by atoms with van der Waals surface area (Å²) in [6.45, 7) is 6.28. The molecule has 1 fully saturated rings. The van der Waals surface area contributed by atoms with E-state index < -0.39 is 0 Å². The van der Waals surface area contributed by atoms with E-state index in [9.17, 15) is 0 Å². The molecule has 29 heavy (non-hydrogen) atoms. The topological polar surface area (TPSA) is 81.3 Å². The van der Waals surface area contributed by atoms with Crippen molar-refractivity contribution in [3.8, 4) is 11.5 Å². The normalized spacial score (nSPS) is 17.8. The molecule has 7 heteroatoms. The monoisotopic (exact) mass is 398 g/mol. The molecule has 0 amide bonds. The summed E-state index contributed by atoms with van der Waals surface area (Å²) in [5.41, 5.74) is 9.26. The van der Waals surface area contributed by atoms with Gasteiger partial charge in [0.1, 0.15) is 0 Å². The molecular weight excluding hydrogens is 368 g/mol. The molecule has 3 N–H and O–H groups in total. The third-order valence-electron chi connectivity index (χ3n) is 4.81. The second-order valence-electron chi connectivity index (χ2n) is 7.13. The third kappa shape index (κ3) is 6.10. The van der Waals surface area contributed by atoms with Crippen molar-refractivity contribution in [1.29, 1.82) is 0 Å². The van der Waals surface area contributed by atoms with Gasteiger partial charge in [0.05, 0.1) is 33.5 Å². The van der Waals surface area contributed by atoms with Gasteiger partial charge in [-0.3, -0.25) is 4.90 Å². The molecule has 0 radical (unpaired) electrons. The standard InChI is InChI=1S/C22H30N4O3/c1-16-14-26(9-10-29-16)15-18-6-4-5-17(11-18)13-24-22(23)25-19-7-8-20(27-2)21(12-19)28-3/h4-8,11-12,16H,9-10,13-15H2,1-3H3,(H3,23,24,25). The molecule has 1 saturated heterocycles. The van der Waals surface area contributed by atoms with Gasteiger partial charge in [-0.1, -0.05) is 24.3 Å². The second kappa shape index (κ2) is 10.1. The van der Waals surface area contributed by atoms with Crippen molar-refractivity contribution in [1.82, 2.24) is 4.90 Å². The average molecular weight is 399 g/mol. The number of aliphatic imine (C=N–C) groups is 1. The lowest BCUT2D eigenvalue weighted by atomic mass is 10.1. The Kier molecular flexibility index (Phi) is 7.32. The summed E-state index contributed by atoms with van der Waals surface area (Å²) in [4.78, 5) is 6.89. The first-order valence-electron chi connectivity index (χ1n) is 9.78. The quantitative estimate of drug-likeness (QED) is 0.551. The van der Waals surface area contributed by atoms with Crippen molar-refractivity contribution < 1.29 is 14.2 Å². The summed E-state index contributed by atoms with van der Waals surface area (Å²) in [7, 11) is 3.21. The molecule has 0 aromatic heterocycles. The van der Waals surface area contributed by atoms with Gasteiger partial charge in [0.25, 0.3) is 0 Å². The predicted octanol–water partition coefficient (Wildman–Crippen LogP) is 2.85. The molecule has 1 aliphatic rings. The van der Waals surface area contributed by atoms with Crippen molar-refractivity contribution >= 4 is 11.6 Å². The van der Waals surface area contributed by atoms with E-state index in [1.165, 1.54) is 5.56 Å². The Morgan fingerprint density at radius 3 is 2.72 bits per heavy atom. The highest BCUT2D eigenvalue weighted by atomic mass is 16.5. The summed E-state index contributed by atoms with van der Waals surface area (Å²) in [5.74, 6) is 1.65. The first kappa shape index (κ1) is 21.0. The maximum absolute atomic E-state index is 6.06. The molecule has 1 atom stereocenters. The van der Waals surface area contributed by atoms with Gasteiger partial charge in [0, 0.05) is 31.4 Å². The molecule has 0 spiro atoms. The number of hydrogen-bond donors (Lipinski definition) is 2. The Morgan fingerprint density at radius 2 is 1.97 bits per heavy atom. The Bertz CT molecular complexity index is 841. The Morgan fingerprint density at radius 1 is 1.17 bits per heavy atom. The van der Waals surface area contributed by atoms with Gasteiger partial charge in [-0.25, -0.2) is 4.99 Å². The molecule has 0 saturated carbocycles. The molecule has 2 aromatic carbocycles. The van der Waals surface area contributed by atoms with Gasteiger partial charge in [-0.2, -0.15) is 0 Å². The number of methoxy groups -OCH3 is 2. The average Bonchev–Trinajstić information content (AvgIpc) is 2.72. The minimum atomic E-state index is 0.291. The Labute approximate surface area is 172 Å². The van der Waals surface area contributed by atoms with Crippen LogP contribution in [0.15, 0.2) is 47.5 Å². The van der Waals surface area contributed by atoms with Crippen LogP contribution in [-0.2, 0) is 17.8 Å². The minimum Gasteiger partial charge on any atom is -0.493 e. The highest BCUT2D eigenvalue weighted by Crippen LogP contribution is 2.29. The number of nitrogens with zero attached hydrogens (tertiary/aromatic N) is 2. The van der Waals surface area contributed by atoms with E-state index in [1.807, 2.05) is 18.2 Å². The fourth-order valence-corrected chi connectivity index (χ4v) is 3.40. The predicted molar refractivity (Wildman–Crippen MR) is 116 cm³/mol. The van der Waals surface area contributed by atoms with E-state index in [4.69, 9.17) is 19.9 Å². The van der Waals surface area contributed by atoms with Gasteiger partial charge in [-0.15, -0.1) is 0 Å². The number of guanidine groups is 1. The number of benzene rings is 2. The van der Waals surface area contributed by atoms with Crippen LogP contribution in [0.1, 0.15) is 18.1 Å². The van der Waals surface area contributed by atoms with E-state index in [0.29, 0.717) is 30.1 Å². The van der Waals surface area contributed by atoms with E-state index in [-0.39, 0.29) is 0 Å².